The number of hydrazone groups is 1. The third-order valence-electron chi connectivity index (χ3n) is 5.26. The molecular weight excluding hydrogens is 424 g/mol. The Bertz CT molecular complexity index is 1250. The van der Waals surface area contributed by atoms with Crippen molar-refractivity contribution in [1.29, 1.82) is 0 Å². The first-order valence-electron chi connectivity index (χ1n) is 10.3. The number of benzene rings is 2. The molecule has 4 rings (SSSR count). The highest BCUT2D eigenvalue weighted by atomic mass is 16.5. The van der Waals surface area contributed by atoms with Crippen LogP contribution in [0.15, 0.2) is 41.5 Å². The summed E-state index contributed by atoms with van der Waals surface area (Å²) in [6, 6.07) is 11.0. The van der Waals surface area contributed by atoms with E-state index in [4.69, 9.17) is 9.47 Å². The van der Waals surface area contributed by atoms with Crippen LogP contribution in [0.1, 0.15) is 24.0 Å². The third-order valence-corrected chi connectivity index (χ3v) is 5.26. The van der Waals surface area contributed by atoms with E-state index in [-0.39, 0.29) is 30.4 Å². The zero-order valence-corrected chi connectivity index (χ0v) is 18.8. The molecule has 2 heterocycles. The second-order valence-corrected chi connectivity index (χ2v) is 7.57. The van der Waals surface area contributed by atoms with Crippen LogP contribution in [0, 0.1) is 13.8 Å². The standard InChI is InChI=1S/C23H24N6O4/c1-13-5-6-14(2)18(11-13)29-20(30)10-9-17(28-29)22(31)25-23-24-21(26-27-23)16-8-7-15(32-3)12-19(16)33-4/h5-8,11-12H,9-10H2,1-4H3,(H2,24,25,26,27,31). The van der Waals surface area contributed by atoms with Crippen LogP contribution in [0.4, 0.5) is 11.6 Å². The smallest absolute Gasteiger partial charge is 0.274 e. The summed E-state index contributed by atoms with van der Waals surface area (Å²) in [5, 5.41) is 15.1. The maximum atomic E-state index is 12.8. The Kier molecular flexibility index (Phi) is 6.07. The number of anilines is 2. The topological polar surface area (TPSA) is 122 Å². The quantitative estimate of drug-likeness (QED) is 0.597. The van der Waals surface area contributed by atoms with Gasteiger partial charge in [0.2, 0.25) is 11.9 Å². The van der Waals surface area contributed by atoms with Crippen molar-refractivity contribution in [3.05, 3.63) is 47.5 Å². The number of nitrogens with one attached hydrogen (secondary N) is 2. The summed E-state index contributed by atoms with van der Waals surface area (Å²) in [4.78, 5) is 29.7. The number of hydrogen-bond donors (Lipinski definition) is 2. The Morgan fingerprint density at radius 2 is 1.91 bits per heavy atom. The fourth-order valence-electron chi connectivity index (χ4n) is 3.46. The molecule has 10 heteroatoms. The molecule has 0 spiro atoms. The zero-order chi connectivity index (χ0) is 23.5. The van der Waals surface area contributed by atoms with E-state index in [0.717, 1.165) is 11.1 Å². The van der Waals surface area contributed by atoms with Gasteiger partial charge in [0.05, 0.1) is 25.5 Å². The SMILES string of the molecule is COc1ccc(-c2nc(NC(=O)C3=NN(c4cc(C)ccc4C)C(=O)CC3)n[nH]2)c(OC)c1. The lowest BCUT2D eigenvalue weighted by Gasteiger charge is -2.24. The minimum Gasteiger partial charge on any atom is -0.497 e. The van der Waals surface area contributed by atoms with Gasteiger partial charge in [0.1, 0.15) is 17.2 Å². The fraction of sp³-hybridized carbons (Fsp3) is 0.261. The average molecular weight is 448 g/mol. The maximum absolute atomic E-state index is 12.8. The lowest BCUT2D eigenvalue weighted by Crippen LogP contribution is -2.36. The van der Waals surface area contributed by atoms with Crippen LogP contribution in [-0.4, -0.2) is 46.9 Å². The van der Waals surface area contributed by atoms with Gasteiger partial charge in [0, 0.05) is 18.9 Å². The molecule has 10 nitrogen and oxygen atoms in total. The Morgan fingerprint density at radius 3 is 2.67 bits per heavy atom. The summed E-state index contributed by atoms with van der Waals surface area (Å²) in [5.74, 6) is 1.06. The molecule has 33 heavy (non-hydrogen) atoms. The van der Waals surface area contributed by atoms with E-state index in [1.165, 1.54) is 5.01 Å². The van der Waals surface area contributed by atoms with Crippen molar-refractivity contribution in [2.75, 3.05) is 24.5 Å². The van der Waals surface area contributed by atoms with Crippen LogP contribution in [0.2, 0.25) is 0 Å². The monoisotopic (exact) mass is 448 g/mol. The van der Waals surface area contributed by atoms with Crippen LogP contribution in [0.3, 0.4) is 0 Å². The number of amides is 2. The highest BCUT2D eigenvalue weighted by molar-refractivity contribution is 6.44. The van der Waals surface area contributed by atoms with Crippen molar-refractivity contribution in [3.8, 4) is 22.9 Å². The van der Waals surface area contributed by atoms with Crippen LogP contribution < -0.4 is 19.8 Å². The molecule has 1 aliphatic heterocycles. The van der Waals surface area contributed by atoms with E-state index < -0.39 is 5.91 Å². The first-order chi connectivity index (χ1) is 15.9. The molecule has 0 radical (unpaired) electrons. The van der Waals surface area contributed by atoms with Gasteiger partial charge in [-0.25, -0.2) is 5.01 Å². The largest absolute Gasteiger partial charge is 0.497 e. The zero-order valence-electron chi connectivity index (χ0n) is 18.8. The van der Waals surface area contributed by atoms with Crippen LogP contribution >= 0.6 is 0 Å². The molecule has 2 amide bonds. The molecule has 0 unspecified atom stereocenters. The number of rotatable bonds is 6. The molecule has 0 atom stereocenters. The second-order valence-electron chi connectivity index (χ2n) is 7.57. The second kappa shape index (κ2) is 9.11. The predicted octanol–water partition coefficient (Wildman–Crippen LogP) is 3.23. The lowest BCUT2D eigenvalue weighted by molar-refractivity contribution is -0.118. The predicted molar refractivity (Wildman–Crippen MR) is 124 cm³/mol. The number of aromatic nitrogens is 3. The van der Waals surface area contributed by atoms with Crippen molar-refractivity contribution in [1.82, 2.24) is 15.2 Å². The summed E-state index contributed by atoms with van der Waals surface area (Å²) in [7, 11) is 3.11. The van der Waals surface area contributed by atoms with E-state index in [9.17, 15) is 9.59 Å². The normalized spacial score (nSPS) is 13.5. The highest BCUT2D eigenvalue weighted by Gasteiger charge is 2.27. The molecule has 0 aliphatic carbocycles. The van der Waals surface area contributed by atoms with Crippen molar-refractivity contribution >= 4 is 29.2 Å². The lowest BCUT2D eigenvalue weighted by atomic mass is 10.1. The van der Waals surface area contributed by atoms with Gasteiger partial charge in [-0.1, -0.05) is 12.1 Å². The number of carbonyl (C=O) groups is 2. The van der Waals surface area contributed by atoms with Gasteiger partial charge in [0.25, 0.3) is 5.91 Å². The van der Waals surface area contributed by atoms with E-state index in [0.29, 0.717) is 28.6 Å². The highest BCUT2D eigenvalue weighted by Crippen LogP contribution is 2.31. The molecule has 1 aromatic heterocycles. The Balaban J connectivity index is 1.55. The number of methoxy groups -OCH3 is 2. The molecule has 2 N–H and O–H groups in total. The summed E-state index contributed by atoms with van der Waals surface area (Å²) in [6.45, 7) is 3.84. The molecule has 0 saturated heterocycles. The molecule has 2 aromatic carbocycles. The van der Waals surface area contributed by atoms with Gasteiger partial charge in [0.15, 0.2) is 5.82 Å². The minimum absolute atomic E-state index is 0.0887. The van der Waals surface area contributed by atoms with E-state index in [1.807, 2.05) is 32.0 Å². The number of ether oxygens (including phenoxy) is 2. The van der Waals surface area contributed by atoms with Crippen LogP contribution in [0.5, 0.6) is 11.5 Å². The molecule has 0 fully saturated rings. The number of carbonyl (C=O) groups excluding carboxylic acids is 2. The van der Waals surface area contributed by atoms with E-state index in [1.54, 1.807) is 32.4 Å². The minimum atomic E-state index is -0.468. The van der Waals surface area contributed by atoms with E-state index >= 15 is 0 Å². The Hall–Kier alpha value is -4.21. The fourth-order valence-corrected chi connectivity index (χ4v) is 3.46. The van der Waals surface area contributed by atoms with Crippen molar-refractivity contribution in [2.24, 2.45) is 5.10 Å². The Morgan fingerprint density at radius 1 is 1.09 bits per heavy atom. The van der Waals surface area contributed by atoms with Crippen LogP contribution in [0.25, 0.3) is 11.4 Å². The van der Waals surface area contributed by atoms with Crippen molar-refractivity contribution in [2.45, 2.75) is 26.7 Å². The average Bonchev–Trinajstić information content (AvgIpc) is 3.28. The van der Waals surface area contributed by atoms with Crippen molar-refractivity contribution in [3.63, 3.8) is 0 Å². The van der Waals surface area contributed by atoms with Gasteiger partial charge >= 0.3 is 0 Å². The first kappa shape index (κ1) is 22.0. The van der Waals surface area contributed by atoms with E-state index in [2.05, 4.69) is 25.6 Å². The number of nitrogens with zero attached hydrogens (tertiary/aromatic N) is 4. The summed E-state index contributed by atoms with van der Waals surface area (Å²) < 4.78 is 10.6. The summed E-state index contributed by atoms with van der Waals surface area (Å²) in [5.41, 5.74) is 3.44. The van der Waals surface area contributed by atoms with Gasteiger partial charge < -0.3 is 9.47 Å². The molecule has 1 aliphatic rings. The molecule has 3 aromatic rings. The van der Waals surface area contributed by atoms with Crippen molar-refractivity contribution < 1.29 is 19.1 Å². The molecule has 0 bridgehead atoms. The molecular formula is C23H24N6O4. The maximum Gasteiger partial charge on any atom is 0.274 e. The summed E-state index contributed by atoms with van der Waals surface area (Å²) in [6.07, 6.45) is 0.414. The number of aromatic amines is 1. The first-order valence-corrected chi connectivity index (χ1v) is 10.3. The van der Waals surface area contributed by atoms with Crippen LogP contribution in [-0.2, 0) is 9.59 Å². The third kappa shape index (κ3) is 4.54. The number of hydrogen-bond acceptors (Lipinski definition) is 7. The van der Waals surface area contributed by atoms with Gasteiger partial charge in [-0.2, -0.15) is 10.1 Å². The molecule has 0 saturated carbocycles. The van der Waals surface area contributed by atoms with Gasteiger partial charge in [-0.15, -0.1) is 5.10 Å². The number of aryl methyl sites for hydroxylation is 2. The number of H-pyrrole nitrogens is 1. The molecule has 170 valence electrons. The van der Waals surface area contributed by atoms with Gasteiger partial charge in [-0.3, -0.25) is 20.0 Å². The van der Waals surface area contributed by atoms with Gasteiger partial charge in [-0.05, 0) is 43.2 Å². The summed E-state index contributed by atoms with van der Waals surface area (Å²) >= 11 is 0. The Labute approximate surface area is 190 Å².